The average molecular weight is 316 g/mol. The summed E-state index contributed by atoms with van der Waals surface area (Å²) < 4.78 is 1.97. The molecule has 0 saturated heterocycles. The van der Waals surface area contributed by atoms with E-state index >= 15 is 0 Å². The molecule has 2 N–H and O–H groups in total. The molecule has 22 heavy (non-hydrogen) atoms. The van der Waals surface area contributed by atoms with Crippen molar-refractivity contribution in [3.8, 4) is 0 Å². The Bertz CT molecular complexity index is 656. The lowest BCUT2D eigenvalue weighted by Gasteiger charge is -2.12. The topological polar surface area (TPSA) is 41.9 Å². The maximum atomic E-state index is 5.41. The van der Waals surface area contributed by atoms with Gasteiger partial charge in [-0.1, -0.05) is 26.0 Å². The second-order valence-corrected chi connectivity index (χ2v) is 6.13. The number of nitrogens with one attached hydrogen (secondary N) is 2. The summed E-state index contributed by atoms with van der Waals surface area (Å²) in [6, 6.07) is 8.36. The molecular weight excluding hydrogens is 292 g/mol. The van der Waals surface area contributed by atoms with Gasteiger partial charge in [-0.15, -0.1) is 0 Å². The molecule has 1 heterocycles. The molecule has 2 aromatic rings. The molecule has 0 aliphatic heterocycles. The highest BCUT2D eigenvalue weighted by atomic mass is 32.1. The van der Waals surface area contributed by atoms with Gasteiger partial charge in [-0.2, -0.15) is 5.10 Å². The lowest BCUT2D eigenvalue weighted by Crippen LogP contribution is -2.20. The van der Waals surface area contributed by atoms with Crippen molar-refractivity contribution in [3.63, 3.8) is 0 Å². The van der Waals surface area contributed by atoms with E-state index in [1.54, 1.807) is 0 Å². The quantitative estimate of drug-likeness (QED) is 0.818. The molecule has 0 spiro atoms. The molecule has 1 aromatic carbocycles. The van der Waals surface area contributed by atoms with E-state index < -0.39 is 0 Å². The van der Waals surface area contributed by atoms with E-state index in [9.17, 15) is 0 Å². The minimum Gasteiger partial charge on any atom is -0.332 e. The maximum Gasteiger partial charge on any atom is 0.175 e. The molecule has 2 rings (SSSR count). The van der Waals surface area contributed by atoms with Crippen LogP contribution in [0.3, 0.4) is 0 Å². The van der Waals surface area contributed by atoms with Crippen LogP contribution >= 0.6 is 12.2 Å². The first-order valence-corrected chi connectivity index (χ1v) is 8.05. The van der Waals surface area contributed by atoms with Gasteiger partial charge in [0.05, 0.1) is 17.1 Å². The Morgan fingerprint density at radius 3 is 2.32 bits per heavy atom. The van der Waals surface area contributed by atoms with E-state index in [4.69, 9.17) is 12.2 Å². The average Bonchev–Trinajstić information content (AvgIpc) is 2.75. The fraction of sp³-hybridized carbons (Fsp3) is 0.412. The van der Waals surface area contributed by atoms with E-state index in [1.165, 1.54) is 5.56 Å². The number of aromatic nitrogens is 2. The predicted octanol–water partition coefficient (Wildman–Crippen LogP) is 4.45. The minimum absolute atomic E-state index is 0.532. The number of rotatable bonds is 4. The van der Waals surface area contributed by atoms with E-state index in [2.05, 4.69) is 60.8 Å². The van der Waals surface area contributed by atoms with Gasteiger partial charge in [-0.05, 0) is 56.6 Å². The molecule has 0 saturated carbocycles. The summed E-state index contributed by atoms with van der Waals surface area (Å²) in [5.41, 5.74) is 5.34. The largest absolute Gasteiger partial charge is 0.332 e. The van der Waals surface area contributed by atoms with Crippen LogP contribution in [0.5, 0.6) is 0 Å². The van der Waals surface area contributed by atoms with Gasteiger partial charge in [-0.3, -0.25) is 4.68 Å². The lowest BCUT2D eigenvalue weighted by atomic mass is 10.0. The number of hydrogen-bond donors (Lipinski definition) is 2. The van der Waals surface area contributed by atoms with Crippen LogP contribution in [0.1, 0.15) is 43.6 Å². The van der Waals surface area contributed by atoms with Crippen molar-refractivity contribution in [1.82, 2.24) is 9.78 Å². The zero-order valence-electron chi connectivity index (χ0n) is 13.9. The third-order valence-electron chi connectivity index (χ3n) is 3.75. The summed E-state index contributed by atoms with van der Waals surface area (Å²) in [6.45, 7) is 11.3. The molecule has 0 unspecified atom stereocenters. The summed E-state index contributed by atoms with van der Waals surface area (Å²) in [5.74, 6) is 0.532. The van der Waals surface area contributed by atoms with Crippen LogP contribution in [0.2, 0.25) is 0 Å². The Kier molecular flexibility index (Phi) is 5.19. The van der Waals surface area contributed by atoms with Gasteiger partial charge in [0.2, 0.25) is 0 Å². The van der Waals surface area contributed by atoms with Gasteiger partial charge >= 0.3 is 0 Å². The lowest BCUT2D eigenvalue weighted by molar-refractivity contribution is 0.634. The Balaban J connectivity index is 2.05. The van der Waals surface area contributed by atoms with Crippen LogP contribution in [0, 0.1) is 13.8 Å². The van der Waals surface area contributed by atoms with Gasteiger partial charge in [0.1, 0.15) is 0 Å². The molecule has 5 heteroatoms. The highest BCUT2D eigenvalue weighted by molar-refractivity contribution is 7.80. The Morgan fingerprint density at radius 1 is 1.18 bits per heavy atom. The molecule has 4 nitrogen and oxygen atoms in total. The van der Waals surface area contributed by atoms with Crippen LogP contribution in [0.15, 0.2) is 24.3 Å². The molecule has 1 aromatic heterocycles. The monoisotopic (exact) mass is 316 g/mol. The highest BCUT2D eigenvalue weighted by Crippen LogP contribution is 2.20. The van der Waals surface area contributed by atoms with Gasteiger partial charge in [0, 0.05) is 12.2 Å². The normalized spacial score (nSPS) is 10.8. The first-order valence-electron chi connectivity index (χ1n) is 7.64. The number of nitrogens with zero attached hydrogens (tertiary/aromatic N) is 2. The Hall–Kier alpha value is -1.88. The summed E-state index contributed by atoms with van der Waals surface area (Å²) in [4.78, 5) is 0. The smallest absolute Gasteiger partial charge is 0.175 e. The standard InChI is InChI=1S/C17H24N4S/c1-6-21-13(5)16(12(4)20-21)19-17(22)18-15-9-7-14(8-10-15)11(2)3/h7-11H,6H2,1-5H3,(H2,18,19,22). The van der Waals surface area contributed by atoms with Crippen LogP contribution in [0.25, 0.3) is 0 Å². The summed E-state index contributed by atoms with van der Waals surface area (Å²) in [6.07, 6.45) is 0. The Labute approximate surface area is 137 Å². The minimum atomic E-state index is 0.532. The number of benzene rings is 1. The third-order valence-corrected chi connectivity index (χ3v) is 3.96. The second-order valence-electron chi connectivity index (χ2n) is 5.72. The fourth-order valence-corrected chi connectivity index (χ4v) is 2.63. The van der Waals surface area contributed by atoms with Crippen LogP contribution < -0.4 is 10.6 Å². The predicted molar refractivity (Wildman–Crippen MR) is 97.7 cm³/mol. The highest BCUT2D eigenvalue weighted by Gasteiger charge is 2.11. The van der Waals surface area contributed by atoms with Crippen LogP contribution in [0.4, 0.5) is 11.4 Å². The molecule has 0 aliphatic rings. The maximum absolute atomic E-state index is 5.41. The zero-order valence-corrected chi connectivity index (χ0v) is 14.7. The van der Waals surface area contributed by atoms with Gasteiger partial charge in [0.25, 0.3) is 0 Å². The molecule has 0 fully saturated rings. The number of hydrogen-bond acceptors (Lipinski definition) is 2. The van der Waals surface area contributed by atoms with Crippen molar-refractivity contribution in [2.75, 3.05) is 10.6 Å². The molecule has 0 aliphatic carbocycles. The van der Waals surface area contributed by atoms with Crippen LogP contribution in [-0.2, 0) is 6.54 Å². The summed E-state index contributed by atoms with van der Waals surface area (Å²) in [7, 11) is 0. The van der Waals surface area contributed by atoms with Crippen molar-refractivity contribution in [2.24, 2.45) is 0 Å². The first kappa shape index (κ1) is 16.5. The molecule has 0 atom stereocenters. The van der Waals surface area contributed by atoms with E-state index in [0.717, 1.165) is 29.3 Å². The molecule has 118 valence electrons. The van der Waals surface area contributed by atoms with Crippen molar-refractivity contribution < 1.29 is 0 Å². The van der Waals surface area contributed by atoms with Crippen molar-refractivity contribution >= 4 is 28.7 Å². The van der Waals surface area contributed by atoms with Crippen molar-refractivity contribution in [3.05, 3.63) is 41.2 Å². The SMILES string of the molecule is CCn1nc(C)c(NC(=S)Nc2ccc(C(C)C)cc2)c1C. The van der Waals surface area contributed by atoms with E-state index in [0.29, 0.717) is 11.0 Å². The molecular formula is C17H24N4S. The van der Waals surface area contributed by atoms with Gasteiger partial charge < -0.3 is 10.6 Å². The number of anilines is 2. The number of thiocarbonyl (C=S) groups is 1. The summed E-state index contributed by atoms with van der Waals surface area (Å²) in [5, 5.41) is 11.5. The first-order chi connectivity index (χ1) is 10.4. The Morgan fingerprint density at radius 2 is 1.82 bits per heavy atom. The van der Waals surface area contributed by atoms with Crippen molar-refractivity contribution in [2.45, 2.75) is 47.1 Å². The van der Waals surface area contributed by atoms with E-state index in [1.807, 2.05) is 18.5 Å². The second kappa shape index (κ2) is 6.92. The molecule has 0 radical (unpaired) electrons. The fourth-order valence-electron chi connectivity index (χ4n) is 2.41. The van der Waals surface area contributed by atoms with Crippen LogP contribution in [-0.4, -0.2) is 14.9 Å². The summed E-state index contributed by atoms with van der Waals surface area (Å²) >= 11 is 5.41. The van der Waals surface area contributed by atoms with Crippen molar-refractivity contribution in [1.29, 1.82) is 0 Å². The number of aryl methyl sites for hydroxylation is 2. The van der Waals surface area contributed by atoms with Gasteiger partial charge in [-0.25, -0.2) is 0 Å². The zero-order chi connectivity index (χ0) is 16.3. The van der Waals surface area contributed by atoms with E-state index in [-0.39, 0.29) is 0 Å². The van der Waals surface area contributed by atoms with Gasteiger partial charge in [0.15, 0.2) is 5.11 Å². The molecule has 0 amide bonds. The molecule has 0 bridgehead atoms. The third kappa shape index (κ3) is 3.65.